The molecule has 0 radical (unpaired) electrons. The molecule has 5 heteroatoms. The van der Waals surface area contributed by atoms with Gasteiger partial charge in [0.2, 0.25) is 5.82 Å². The van der Waals surface area contributed by atoms with E-state index in [-0.39, 0.29) is 6.10 Å². The highest BCUT2D eigenvalue weighted by atomic mass is 16.5. The minimum Gasteiger partial charge on any atom is -0.370 e. The zero-order valence-corrected chi connectivity index (χ0v) is 12.9. The van der Waals surface area contributed by atoms with Crippen molar-refractivity contribution in [1.29, 1.82) is 0 Å². The summed E-state index contributed by atoms with van der Waals surface area (Å²) in [4.78, 5) is 4.52. The van der Waals surface area contributed by atoms with Gasteiger partial charge in [-0.15, -0.1) is 0 Å². The molecule has 0 bridgehead atoms. The fourth-order valence-corrected chi connectivity index (χ4v) is 2.26. The highest BCUT2D eigenvalue weighted by molar-refractivity contribution is 5.58. The van der Waals surface area contributed by atoms with Crippen LogP contribution in [0.15, 0.2) is 28.8 Å². The van der Waals surface area contributed by atoms with Crippen molar-refractivity contribution >= 4 is 0 Å². The molecule has 114 valence electrons. The Morgan fingerprint density at radius 1 is 1.29 bits per heavy atom. The lowest BCUT2D eigenvalue weighted by atomic mass is 10.0. The van der Waals surface area contributed by atoms with E-state index in [1.807, 2.05) is 32.2 Å². The van der Waals surface area contributed by atoms with E-state index in [9.17, 15) is 0 Å². The van der Waals surface area contributed by atoms with Crippen LogP contribution in [-0.4, -0.2) is 30.3 Å². The highest BCUT2D eigenvalue weighted by Gasteiger charge is 2.18. The molecule has 1 aromatic heterocycles. The molecule has 0 saturated heterocycles. The smallest absolute Gasteiger partial charge is 0.258 e. The number of nitrogens with one attached hydrogen (secondary N) is 1. The fourth-order valence-electron chi connectivity index (χ4n) is 2.26. The molecule has 1 atom stereocenters. The van der Waals surface area contributed by atoms with Gasteiger partial charge in [-0.25, -0.2) is 0 Å². The van der Waals surface area contributed by atoms with E-state index >= 15 is 0 Å². The lowest BCUT2D eigenvalue weighted by molar-refractivity contribution is 0.0518. The fraction of sp³-hybridized carbons (Fsp3) is 0.500. The molecule has 5 nitrogen and oxygen atoms in total. The maximum absolute atomic E-state index is 5.63. The summed E-state index contributed by atoms with van der Waals surface area (Å²) in [5.41, 5.74) is 2.20. The topological polar surface area (TPSA) is 60.2 Å². The zero-order chi connectivity index (χ0) is 15.1. The average Bonchev–Trinajstić information content (AvgIpc) is 3.00. The van der Waals surface area contributed by atoms with Crippen molar-refractivity contribution in [2.75, 3.05) is 20.2 Å². The van der Waals surface area contributed by atoms with Crippen LogP contribution in [0.5, 0.6) is 0 Å². The molecule has 0 aliphatic carbocycles. The Balaban J connectivity index is 2.24. The first-order chi connectivity index (χ1) is 10.3. The van der Waals surface area contributed by atoms with Crippen molar-refractivity contribution in [1.82, 2.24) is 15.5 Å². The number of aromatic nitrogens is 2. The standard InChI is InChI=1S/C16H23N3O2/c1-4-14(20-5-2)15-18-16(21-19-15)13-9-7-6-8-12(13)10-11-17-3/h6-9,14,17H,4-5,10-11H2,1-3H3. The van der Waals surface area contributed by atoms with Crippen LogP contribution in [0.1, 0.15) is 37.8 Å². The molecule has 0 spiro atoms. The molecule has 0 aliphatic heterocycles. The summed E-state index contributed by atoms with van der Waals surface area (Å²) in [6, 6.07) is 8.13. The second-order valence-electron chi connectivity index (χ2n) is 4.82. The van der Waals surface area contributed by atoms with E-state index in [1.165, 1.54) is 5.56 Å². The van der Waals surface area contributed by atoms with Gasteiger partial charge in [0, 0.05) is 12.2 Å². The number of rotatable bonds is 8. The number of hydrogen-bond donors (Lipinski definition) is 1. The molecule has 2 rings (SSSR count). The molecule has 1 heterocycles. The van der Waals surface area contributed by atoms with Crippen LogP contribution in [0.4, 0.5) is 0 Å². The molecular weight excluding hydrogens is 266 g/mol. The van der Waals surface area contributed by atoms with Gasteiger partial charge < -0.3 is 14.6 Å². The molecule has 0 amide bonds. The Morgan fingerprint density at radius 3 is 2.81 bits per heavy atom. The van der Waals surface area contributed by atoms with E-state index in [0.29, 0.717) is 18.3 Å². The number of nitrogens with zero attached hydrogens (tertiary/aromatic N) is 2. The van der Waals surface area contributed by atoms with Gasteiger partial charge in [0.05, 0.1) is 0 Å². The van der Waals surface area contributed by atoms with Gasteiger partial charge in [-0.3, -0.25) is 0 Å². The van der Waals surface area contributed by atoms with Gasteiger partial charge in [0.15, 0.2) is 0 Å². The third-order valence-corrected chi connectivity index (χ3v) is 3.36. The third-order valence-electron chi connectivity index (χ3n) is 3.36. The van der Waals surface area contributed by atoms with Crippen LogP contribution in [0, 0.1) is 0 Å². The summed E-state index contributed by atoms with van der Waals surface area (Å²) in [7, 11) is 1.95. The Morgan fingerprint density at radius 2 is 2.10 bits per heavy atom. The lowest BCUT2D eigenvalue weighted by Gasteiger charge is -2.09. The summed E-state index contributed by atoms with van der Waals surface area (Å²) >= 11 is 0. The van der Waals surface area contributed by atoms with E-state index < -0.39 is 0 Å². The number of hydrogen-bond acceptors (Lipinski definition) is 5. The predicted molar refractivity (Wildman–Crippen MR) is 82.0 cm³/mol. The van der Waals surface area contributed by atoms with Crippen molar-refractivity contribution in [2.45, 2.75) is 32.8 Å². The third kappa shape index (κ3) is 3.89. The first-order valence-corrected chi connectivity index (χ1v) is 7.48. The van der Waals surface area contributed by atoms with Crippen LogP contribution in [0.3, 0.4) is 0 Å². The minimum atomic E-state index is -0.100. The number of likely N-dealkylation sites (N-methyl/N-ethyl adjacent to an activating group) is 1. The summed E-state index contributed by atoms with van der Waals surface area (Å²) in [6.07, 6.45) is 1.65. The van der Waals surface area contributed by atoms with Gasteiger partial charge in [-0.05, 0) is 45.0 Å². The summed E-state index contributed by atoms with van der Waals surface area (Å²) in [5.74, 6) is 1.19. The Bertz CT molecular complexity index is 554. The van der Waals surface area contributed by atoms with Crippen LogP contribution in [0.2, 0.25) is 0 Å². The summed E-state index contributed by atoms with van der Waals surface area (Å²) in [5, 5.41) is 7.23. The van der Waals surface area contributed by atoms with Gasteiger partial charge >= 0.3 is 0 Å². The quantitative estimate of drug-likeness (QED) is 0.809. The van der Waals surface area contributed by atoms with Gasteiger partial charge in [0.25, 0.3) is 5.89 Å². The van der Waals surface area contributed by atoms with Crippen molar-refractivity contribution in [3.63, 3.8) is 0 Å². The van der Waals surface area contributed by atoms with Crippen LogP contribution >= 0.6 is 0 Å². The van der Waals surface area contributed by atoms with Crippen molar-refractivity contribution in [2.24, 2.45) is 0 Å². The second-order valence-corrected chi connectivity index (χ2v) is 4.82. The second kappa shape index (κ2) is 7.90. The van der Waals surface area contributed by atoms with Crippen molar-refractivity contribution < 1.29 is 9.26 Å². The largest absolute Gasteiger partial charge is 0.370 e. The van der Waals surface area contributed by atoms with Crippen molar-refractivity contribution in [3.05, 3.63) is 35.7 Å². The molecule has 0 fully saturated rings. The first-order valence-electron chi connectivity index (χ1n) is 7.48. The highest BCUT2D eigenvalue weighted by Crippen LogP contribution is 2.25. The lowest BCUT2D eigenvalue weighted by Crippen LogP contribution is -2.10. The summed E-state index contributed by atoms with van der Waals surface area (Å²) in [6.45, 7) is 5.57. The SMILES string of the molecule is CCOC(CC)c1noc(-c2ccccc2CCNC)n1. The molecule has 1 unspecified atom stereocenters. The Hall–Kier alpha value is -1.72. The molecule has 2 aromatic rings. The first kappa shape index (κ1) is 15.7. The molecule has 21 heavy (non-hydrogen) atoms. The molecule has 1 N–H and O–H groups in total. The van der Waals surface area contributed by atoms with Gasteiger partial charge in [-0.1, -0.05) is 30.3 Å². The van der Waals surface area contributed by atoms with Crippen molar-refractivity contribution in [3.8, 4) is 11.5 Å². The Kier molecular flexibility index (Phi) is 5.90. The molecule has 1 aromatic carbocycles. The minimum absolute atomic E-state index is 0.100. The maximum atomic E-state index is 5.63. The van der Waals surface area contributed by atoms with Gasteiger partial charge in [0.1, 0.15) is 6.10 Å². The number of benzene rings is 1. The Labute approximate surface area is 125 Å². The molecular formula is C16H23N3O2. The monoisotopic (exact) mass is 289 g/mol. The van der Waals surface area contributed by atoms with Crippen LogP contribution in [-0.2, 0) is 11.2 Å². The van der Waals surface area contributed by atoms with Gasteiger partial charge in [-0.2, -0.15) is 4.98 Å². The normalized spacial score (nSPS) is 12.5. The van der Waals surface area contributed by atoms with E-state index in [2.05, 4.69) is 28.4 Å². The average molecular weight is 289 g/mol. The van der Waals surface area contributed by atoms with E-state index in [4.69, 9.17) is 9.26 Å². The van der Waals surface area contributed by atoms with Crippen LogP contribution < -0.4 is 5.32 Å². The number of ether oxygens (including phenoxy) is 1. The summed E-state index contributed by atoms with van der Waals surface area (Å²) < 4.78 is 11.1. The zero-order valence-electron chi connectivity index (χ0n) is 12.9. The van der Waals surface area contributed by atoms with E-state index in [1.54, 1.807) is 0 Å². The van der Waals surface area contributed by atoms with Crippen LogP contribution in [0.25, 0.3) is 11.5 Å². The molecule has 0 saturated carbocycles. The predicted octanol–water partition coefficient (Wildman–Crippen LogP) is 2.99. The van der Waals surface area contributed by atoms with E-state index in [0.717, 1.165) is 24.9 Å². The molecule has 0 aliphatic rings. The maximum Gasteiger partial charge on any atom is 0.258 e.